The molecule has 1 atom stereocenters. The van der Waals surface area contributed by atoms with E-state index >= 15 is 0 Å². The average molecular weight is 404 g/mol. The van der Waals surface area contributed by atoms with Crippen LogP contribution >= 0.6 is 11.8 Å². The van der Waals surface area contributed by atoms with Crippen LogP contribution in [0.2, 0.25) is 0 Å². The van der Waals surface area contributed by atoms with Gasteiger partial charge in [0.2, 0.25) is 5.91 Å². The number of anilines is 1. The summed E-state index contributed by atoms with van der Waals surface area (Å²) in [4.78, 5) is 20.6. The zero-order valence-electron chi connectivity index (χ0n) is 16.2. The second kappa shape index (κ2) is 8.41. The number of methoxy groups -OCH3 is 1. The second-order valence-electron chi connectivity index (χ2n) is 6.59. The minimum atomic E-state index is -0.318. The van der Waals surface area contributed by atoms with Gasteiger partial charge in [0.1, 0.15) is 5.75 Å². The third kappa shape index (κ3) is 4.27. The highest BCUT2D eigenvalue weighted by molar-refractivity contribution is 8.00. The molecule has 1 amide bonds. The molecule has 0 saturated heterocycles. The lowest BCUT2D eigenvalue weighted by Crippen LogP contribution is -2.22. The maximum Gasteiger partial charge on any atom is 0.237 e. The summed E-state index contributed by atoms with van der Waals surface area (Å²) in [5.41, 5.74) is 4.58. The van der Waals surface area contributed by atoms with Crippen molar-refractivity contribution in [2.75, 3.05) is 12.4 Å². The first-order chi connectivity index (χ1) is 14.1. The highest BCUT2D eigenvalue weighted by Crippen LogP contribution is 2.30. The monoisotopic (exact) mass is 403 g/mol. The third-order valence-corrected chi connectivity index (χ3v) is 5.58. The number of carbonyl (C=O) groups is 1. The van der Waals surface area contributed by atoms with Crippen LogP contribution in [0.3, 0.4) is 0 Å². The van der Waals surface area contributed by atoms with Crippen LogP contribution in [0, 0.1) is 0 Å². The molecule has 0 fully saturated rings. The minimum Gasteiger partial charge on any atom is -0.497 e. The third-order valence-electron chi connectivity index (χ3n) is 4.59. The molecule has 3 aromatic carbocycles. The number of amides is 1. The van der Waals surface area contributed by atoms with Crippen molar-refractivity contribution in [3.63, 3.8) is 0 Å². The maximum absolute atomic E-state index is 12.8. The predicted octanol–water partition coefficient (Wildman–Crippen LogP) is 5.36. The van der Waals surface area contributed by atoms with E-state index in [-0.39, 0.29) is 11.2 Å². The number of hydrogen-bond donors (Lipinski definition) is 2. The van der Waals surface area contributed by atoms with Crippen molar-refractivity contribution in [2.24, 2.45) is 0 Å². The van der Waals surface area contributed by atoms with E-state index in [4.69, 9.17) is 4.74 Å². The first-order valence-corrected chi connectivity index (χ1v) is 10.2. The first kappa shape index (κ1) is 19.1. The van der Waals surface area contributed by atoms with Crippen molar-refractivity contribution >= 4 is 34.4 Å². The molecule has 0 bridgehead atoms. The van der Waals surface area contributed by atoms with Gasteiger partial charge in [-0.1, -0.05) is 60.3 Å². The molecule has 0 saturated carbocycles. The highest BCUT2D eigenvalue weighted by Gasteiger charge is 2.18. The number of carbonyl (C=O) groups excluding carboxylic acids is 1. The molecule has 4 rings (SSSR count). The van der Waals surface area contributed by atoms with Crippen molar-refractivity contribution < 1.29 is 9.53 Å². The number of nitrogens with one attached hydrogen (secondary N) is 2. The fourth-order valence-corrected chi connectivity index (χ4v) is 3.89. The van der Waals surface area contributed by atoms with E-state index in [0.29, 0.717) is 5.16 Å². The van der Waals surface area contributed by atoms with Crippen LogP contribution in [0.25, 0.3) is 22.2 Å². The van der Waals surface area contributed by atoms with Gasteiger partial charge < -0.3 is 15.0 Å². The molecule has 2 N–H and O–H groups in total. The smallest absolute Gasteiger partial charge is 0.237 e. The Morgan fingerprint density at radius 1 is 1.07 bits per heavy atom. The largest absolute Gasteiger partial charge is 0.497 e. The molecule has 1 aromatic heterocycles. The number of thioether (sulfide) groups is 1. The van der Waals surface area contributed by atoms with E-state index in [0.717, 1.165) is 33.6 Å². The summed E-state index contributed by atoms with van der Waals surface area (Å²) in [7, 11) is 1.63. The highest BCUT2D eigenvalue weighted by atomic mass is 32.2. The van der Waals surface area contributed by atoms with Crippen LogP contribution in [0.5, 0.6) is 5.75 Å². The van der Waals surface area contributed by atoms with Crippen LogP contribution in [-0.2, 0) is 4.79 Å². The van der Waals surface area contributed by atoms with Crippen LogP contribution in [0.15, 0.2) is 78.0 Å². The van der Waals surface area contributed by atoms with Crippen molar-refractivity contribution in [3.05, 3.63) is 72.8 Å². The molecule has 4 aromatic rings. The van der Waals surface area contributed by atoms with E-state index in [2.05, 4.69) is 15.3 Å². The molecule has 6 heteroatoms. The molecule has 0 radical (unpaired) electrons. The number of nitrogens with zero attached hydrogens (tertiary/aromatic N) is 1. The number of rotatable bonds is 6. The van der Waals surface area contributed by atoms with Gasteiger partial charge in [0.15, 0.2) is 5.16 Å². The number of H-pyrrole nitrogens is 1. The molecule has 0 spiro atoms. The van der Waals surface area contributed by atoms with Crippen LogP contribution < -0.4 is 10.1 Å². The maximum atomic E-state index is 12.8. The Morgan fingerprint density at radius 2 is 1.83 bits per heavy atom. The van der Waals surface area contributed by atoms with Gasteiger partial charge in [-0.2, -0.15) is 0 Å². The molecule has 1 heterocycles. The normalized spacial score (nSPS) is 11.9. The molecule has 5 nitrogen and oxygen atoms in total. The van der Waals surface area contributed by atoms with Gasteiger partial charge in [-0.05, 0) is 30.7 Å². The summed E-state index contributed by atoms with van der Waals surface area (Å²) in [6.07, 6.45) is 0. The Hall–Kier alpha value is -3.25. The van der Waals surface area contributed by atoms with Crippen molar-refractivity contribution in [1.82, 2.24) is 9.97 Å². The van der Waals surface area contributed by atoms with Crippen LogP contribution in [-0.4, -0.2) is 28.2 Å². The van der Waals surface area contributed by atoms with Crippen molar-refractivity contribution in [3.8, 4) is 16.9 Å². The number of aromatic nitrogens is 2. The number of fused-ring (bicyclic) bond motifs is 1. The summed E-state index contributed by atoms with van der Waals surface area (Å²) in [5.74, 6) is 0.692. The number of para-hydroxylation sites is 1. The fourth-order valence-electron chi connectivity index (χ4n) is 3.06. The fraction of sp³-hybridized carbons (Fsp3) is 0.130. The quantitative estimate of drug-likeness (QED) is 0.426. The summed E-state index contributed by atoms with van der Waals surface area (Å²) < 4.78 is 5.25. The van der Waals surface area contributed by atoms with Gasteiger partial charge in [0.05, 0.1) is 23.4 Å². The van der Waals surface area contributed by atoms with E-state index in [9.17, 15) is 4.79 Å². The Balaban J connectivity index is 1.49. The van der Waals surface area contributed by atoms with Gasteiger partial charge >= 0.3 is 0 Å². The Bertz CT molecular complexity index is 1140. The zero-order chi connectivity index (χ0) is 20.2. The standard InChI is InChI=1S/C23H21N3O2S/c1-15(29-23-25-20-13-12-17(28-2)14-21(20)26-23)22(27)24-19-11-7-6-10-18(19)16-8-4-3-5-9-16/h3-15H,1-2H3,(H,24,27)(H,25,26)/t15-/m0/s1. The van der Waals surface area contributed by atoms with Gasteiger partial charge in [0.25, 0.3) is 0 Å². The van der Waals surface area contributed by atoms with Crippen molar-refractivity contribution in [2.45, 2.75) is 17.3 Å². The topological polar surface area (TPSA) is 67.0 Å². The second-order valence-corrected chi connectivity index (χ2v) is 7.92. The lowest BCUT2D eigenvalue weighted by molar-refractivity contribution is -0.115. The summed E-state index contributed by atoms with van der Waals surface area (Å²) in [6, 6.07) is 23.5. The van der Waals surface area contributed by atoms with E-state index in [1.807, 2.05) is 79.7 Å². The lowest BCUT2D eigenvalue weighted by atomic mass is 10.0. The average Bonchev–Trinajstić information content (AvgIpc) is 3.16. The Morgan fingerprint density at radius 3 is 2.62 bits per heavy atom. The molecule has 0 aliphatic carbocycles. The van der Waals surface area contributed by atoms with Crippen LogP contribution in [0.1, 0.15) is 6.92 Å². The minimum absolute atomic E-state index is 0.0728. The summed E-state index contributed by atoms with van der Waals surface area (Å²) >= 11 is 1.39. The van der Waals surface area contributed by atoms with E-state index < -0.39 is 0 Å². The van der Waals surface area contributed by atoms with Crippen LogP contribution in [0.4, 0.5) is 5.69 Å². The van der Waals surface area contributed by atoms with Gasteiger partial charge in [-0.25, -0.2) is 4.98 Å². The number of aromatic amines is 1. The summed E-state index contributed by atoms with van der Waals surface area (Å²) in [5, 5.41) is 3.44. The predicted molar refractivity (Wildman–Crippen MR) is 118 cm³/mol. The number of hydrogen-bond acceptors (Lipinski definition) is 4. The lowest BCUT2D eigenvalue weighted by Gasteiger charge is -2.14. The molecule has 146 valence electrons. The van der Waals surface area contributed by atoms with E-state index in [1.165, 1.54) is 11.8 Å². The number of ether oxygens (including phenoxy) is 1. The Kier molecular flexibility index (Phi) is 5.53. The SMILES string of the molecule is COc1ccc2nc(S[C@@H](C)C(=O)Nc3ccccc3-c3ccccc3)[nH]c2c1. The molecule has 0 aliphatic heterocycles. The molecular weight excluding hydrogens is 382 g/mol. The summed E-state index contributed by atoms with van der Waals surface area (Å²) in [6.45, 7) is 1.87. The Labute approximate surface area is 173 Å². The van der Waals surface area contributed by atoms with Gasteiger partial charge in [0, 0.05) is 17.3 Å². The first-order valence-electron chi connectivity index (χ1n) is 9.30. The number of imidazole rings is 1. The molecule has 0 unspecified atom stereocenters. The molecule has 0 aliphatic rings. The van der Waals surface area contributed by atoms with E-state index in [1.54, 1.807) is 7.11 Å². The molecular formula is C23H21N3O2S. The molecule has 29 heavy (non-hydrogen) atoms. The zero-order valence-corrected chi connectivity index (χ0v) is 17.0. The van der Waals surface area contributed by atoms with Gasteiger partial charge in [-0.3, -0.25) is 4.79 Å². The van der Waals surface area contributed by atoms with Gasteiger partial charge in [-0.15, -0.1) is 0 Å². The van der Waals surface area contributed by atoms with Crippen molar-refractivity contribution in [1.29, 1.82) is 0 Å². The number of benzene rings is 3.